The lowest BCUT2D eigenvalue weighted by Crippen LogP contribution is -2.43. The van der Waals surface area contributed by atoms with Gasteiger partial charge in [-0.2, -0.15) is 0 Å². The second kappa shape index (κ2) is 6.63. The highest BCUT2D eigenvalue weighted by atomic mass is 16.5. The SMILES string of the molecule is COc1ccc(NCC2CN(C)CCO2)cc1OC. The average Bonchev–Trinajstić information content (AvgIpc) is 2.45. The summed E-state index contributed by atoms with van der Waals surface area (Å²) < 4.78 is 16.2. The van der Waals surface area contributed by atoms with Crippen LogP contribution in [-0.4, -0.2) is 58.5 Å². The molecule has 1 saturated heterocycles. The molecule has 0 bridgehead atoms. The number of nitrogens with one attached hydrogen (secondary N) is 1. The Morgan fingerprint density at radius 1 is 1.32 bits per heavy atom. The van der Waals surface area contributed by atoms with Gasteiger partial charge in [0.25, 0.3) is 0 Å². The summed E-state index contributed by atoms with van der Waals surface area (Å²) in [6.07, 6.45) is 0.229. The van der Waals surface area contributed by atoms with Crippen molar-refractivity contribution < 1.29 is 14.2 Å². The molecule has 5 heteroatoms. The molecule has 5 nitrogen and oxygen atoms in total. The molecular formula is C14H22N2O3. The van der Waals surface area contributed by atoms with Crippen molar-refractivity contribution in [2.45, 2.75) is 6.10 Å². The van der Waals surface area contributed by atoms with Crippen molar-refractivity contribution >= 4 is 5.69 Å². The number of hydrogen-bond donors (Lipinski definition) is 1. The maximum atomic E-state index is 5.71. The van der Waals surface area contributed by atoms with Gasteiger partial charge < -0.3 is 24.4 Å². The van der Waals surface area contributed by atoms with Crippen LogP contribution < -0.4 is 14.8 Å². The van der Waals surface area contributed by atoms with Gasteiger partial charge in [0.05, 0.1) is 26.9 Å². The summed E-state index contributed by atoms with van der Waals surface area (Å²) in [5, 5.41) is 3.37. The second-order valence-corrected chi connectivity index (χ2v) is 4.71. The topological polar surface area (TPSA) is 43.0 Å². The zero-order valence-electron chi connectivity index (χ0n) is 11.8. The van der Waals surface area contributed by atoms with E-state index in [0.717, 1.165) is 43.4 Å². The van der Waals surface area contributed by atoms with Crippen LogP contribution in [0.25, 0.3) is 0 Å². The van der Waals surface area contributed by atoms with Gasteiger partial charge in [0.15, 0.2) is 11.5 Å². The number of methoxy groups -OCH3 is 2. The van der Waals surface area contributed by atoms with Crippen molar-refractivity contribution in [1.29, 1.82) is 0 Å². The van der Waals surface area contributed by atoms with Gasteiger partial charge in [-0.25, -0.2) is 0 Å². The standard InChI is InChI=1S/C14H22N2O3/c1-16-6-7-19-12(10-16)9-15-11-4-5-13(17-2)14(8-11)18-3/h4-5,8,12,15H,6-7,9-10H2,1-3H3. The molecular weight excluding hydrogens is 244 g/mol. The quantitative estimate of drug-likeness (QED) is 0.873. The van der Waals surface area contributed by atoms with Crippen LogP contribution >= 0.6 is 0 Å². The highest BCUT2D eigenvalue weighted by Crippen LogP contribution is 2.29. The second-order valence-electron chi connectivity index (χ2n) is 4.71. The van der Waals surface area contributed by atoms with E-state index in [9.17, 15) is 0 Å². The minimum absolute atomic E-state index is 0.229. The predicted molar refractivity (Wildman–Crippen MR) is 75.3 cm³/mol. The van der Waals surface area contributed by atoms with Gasteiger partial charge >= 0.3 is 0 Å². The predicted octanol–water partition coefficient (Wildman–Crippen LogP) is 1.45. The molecule has 0 saturated carbocycles. The number of ether oxygens (including phenoxy) is 3. The number of nitrogens with zero attached hydrogens (tertiary/aromatic N) is 1. The normalized spacial score (nSPS) is 20.1. The van der Waals surface area contributed by atoms with Crippen LogP contribution in [-0.2, 0) is 4.74 Å². The van der Waals surface area contributed by atoms with Crippen LogP contribution in [0.5, 0.6) is 11.5 Å². The van der Waals surface area contributed by atoms with E-state index in [0.29, 0.717) is 0 Å². The number of benzene rings is 1. The fourth-order valence-corrected chi connectivity index (χ4v) is 2.17. The Balaban J connectivity index is 1.92. The third kappa shape index (κ3) is 3.75. The summed E-state index contributed by atoms with van der Waals surface area (Å²) in [5.74, 6) is 1.47. The Kier molecular flexibility index (Phi) is 4.87. The fraction of sp³-hybridized carbons (Fsp3) is 0.571. The van der Waals surface area contributed by atoms with E-state index in [4.69, 9.17) is 14.2 Å². The van der Waals surface area contributed by atoms with E-state index in [2.05, 4.69) is 17.3 Å². The fourth-order valence-electron chi connectivity index (χ4n) is 2.17. The molecule has 1 N–H and O–H groups in total. The highest BCUT2D eigenvalue weighted by Gasteiger charge is 2.17. The zero-order valence-corrected chi connectivity index (χ0v) is 11.8. The summed E-state index contributed by atoms with van der Waals surface area (Å²) in [6.45, 7) is 3.56. The largest absolute Gasteiger partial charge is 0.493 e. The van der Waals surface area contributed by atoms with Crippen LogP contribution in [0.15, 0.2) is 18.2 Å². The lowest BCUT2D eigenvalue weighted by molar-refractivity contribution is -0.0117. The van der Waals surface area contributed by atoms with Crippen LogP contribution in [0.2, 0.25) is 0 Å². The molecule has 1 aromatic rings. The van der Waals surface area contributed by atoms with Crippen molar-refractivity contribution in [3.05, 3.63) is 18.2 Å². The van der Waals surface area contributed by atoms with Gasteiger partial charge in [0.1, 0.15) is 0 Å². The van der Waals surface area contributed by atoms with Crippen molar-refractivity contribution in [1.82, 2.24) is 4.90 Å². The first-order valence-electron chi connectivity index (χ1n) is 6.49. The van der Waals surface area contributed by atoms with E-state index in [1.54, 1.807) is 14.2 Å². The number of rotatable bonds is 5. The molecule has 0 spiro atoms. The van der Waals surface area contributed by atoms with E-state index < -0.39 is 0 Å². The minimum Gasteiger partial charge on any atom is -0.493 e. The molecule has 1 atom stereocenters. The Morgan fingerprint density at radius 3 is 2.79 bits per heavy atom. The summed E-state index contributed by atoms with van der Waals surface area (Å²) in [7, 11) is 5.39. The lowest BCUT2D eigenvalue weighted by Gasteiger charge is -2.30. The van der Waals surface area contributed by atoms with Crippen molar-refractivity contribution in [3.63, 3.8) is 0 Å². The molecule has 0 aromatic heterocycles. The van der Waals surface area contributed by atoms with Crippen LogP contribution in [0.3, 0.4) is 0 Å². The molecule has 1 fully saturated rings. The Bertz CT molecular complexity index is 412. The molecule has 1 unspecified atom stereocenters. The van der Waals surface area contributed by atoms with Gasteiger partial charge in [0, 0.05) is 31.4 Å². The highest BCUT2D eigenvalue weighted by molar-refractivity contribution is 5.54. The van der Waals surface area contributed by atoms with E-state index in [-0.39, 0.29) is 6.10 Å². The number of anilines is 1. The molecule has 1 aliphatic heterocycles. The molecule has 0 amide bonds. The van der Waals surface area contributed by atoms with Crippen LogP contribution in [0.4, 0.5) is 5.69 Å². The molecule has 1 aromatic carbocycles. The van der Waals surface area contributed by atoms with Gasteiger partial charge in [-0.1, -0.05) is 0 Å². The van der Waals surface area contributed by atoms with Crippen LogP contribution in [0.1, 0.15) is 0 Å². The zero-order chi connectivity index (χ0) is 13.7. The Labute approximate surface area is 114 Å². The van der Waals surface area contributed by atoms with Crippen molar-refractivity contribution in [2.75, 3.05) is 52.8 Å². The molecule has 0 aliphatic carbocycles. The number of hydrogen-bond acceptors (Lipinski definition) is 5. The lowest BCUT2D eigenvalue weighted by atomic mass is 10.2. The van der Waals surface area contributed by atoms with Gasteiger partial charge in [-0.05, 0) is 19.2 Å². The molecule has 106 valence electrons. The third-order valence-electron chi connectivity index (χ3n) is 3.26. The monoisotopic (exact) mass is 266 g/mol. The van der Waals surface area contributed by atoms with Crippen LogP contribution in [0, 0.1) is 0 Å². The number of likely N-dealkylation sites (N-methyl/N-ethyl adjacent to an activating group) is 1. The summed E-state index contributed by atoms with van der Waals surface area (Å²) in [6, 6.07) is 5.81. The first-order valence-corrected chi connectivity index (χ1v) is 6.49. The molecule has 1 aliphatic rings. The molecule has 19 heavy (non-hydrogen) atoms. The Hall–Kier alpha value is -1.46. The minimum atomic E-state index is 0.229. The van der Waals surface area contributed by atoms with Gasteiger partial charge in [0.2, 0.25) is 0 Å². The van der Waals surface area contributed by atoms with Gasteiger partial charge in [-0.3, -0.25) is 0 Å². The summed E-state index contributed by atoms with van der Waals surface area (Å²) >= 11 is 0. The van der Waals surface area contributed by atoms with E-state index in [1.807, 2.05) is 18.2 Å². The molecule has 1 heterocycles. The Morgan fingerprint density at radius 2 is 2.11 bits per heavy atom. The summed E-state index contributed by atoms with van der Waals surface area (Å²) in [5.41, 5.74) is 1.01. The average molecular weight is 266 g/mol. The first-order chi connectivity index (χ1) is 9.22. The molecule has 0 radical (unpaired) electrons. The van der Waals surface area contributed by atoms with Crippen molar-refractivity contribution in [2.24, 2.45) is 0 Å². The van der Waals surface area contributed by atoms with E-state index >= 15 is 0 Å². The maximum Gasteiger partial charge on any atom is 0.162 e. The van der Waals surface area contributed by atoms with Gasteiger partial charge in [-0.15, -0.1) is 0 Å². The first kappa shape index (κ1) is 14.0. The maximum absolute atomic E-state index is 5.71. The summed E-state index contributed by atoms with van der Waals surface area (Å²) in [4.78, 5) is 2.28. The smallest absolute Gasteiger partial charge is 0.162 e. The molecule has 2 rings (SSSR count). The van der Waals surface area contributed by atoms with Crippen molar-refractivity contribution in [3.8, 4) is 11.5 Å². The number of morpholine rings is 1. The van der Waals surface area contributed by atoms with E-state index in [1.165, 1.54) is 0 Å². The third-order valence-corrected chi connectivity index (χ3v) is 3.26.